The van der Waals surface area contributed by atoms with Crippen molar-refractivity contribution in [1.82, 2.24) is 25.1 Å². The molecule has 0 radical (unpaired) electrons. The van der Waals surface area contributed by atoms with Crippen LogP contribution in [0.25, 0.3) is 11.0 Å². The molecule has 1 aromatic heterocycles. The number of hydrogen-bond donors (Lipinski definition) is 2. The number of aromatic amines is 1. The zero-order valence-corrected chi connectivity index (χ0v) is 17.5. The van der Waals surface area contributed by atoms with E-state index in [2.05, 4.69) is 15.3 Å². The van der Waals surface area contributed by atoms with Gasteiger partial charge in [-0.2, -0.15) is 0 Å². The van der Waals surface area contributed by atoms with E-state index in [0.717, 1.165) is 28.4 Å². The molecule has 1 unspecified atom stereocenters. The molecule has 1 aromatic carbocycles. The zero-order valence-electron chi connectivity index (χ0n) is 17.5. The second-order valence-electron chi connectivity index (χ2n) is 7.40. The predicted octanol–water partition coefficient (Wildman–Crippen LogP) is 1.00. The Kier molecular flexibility index (Phi) is 6.96. The molecule has 0 saturated carbocycles. The van der Waals surface area contributed by atoms with Gasteiger partial charge < -0.3 is 19.9 Å². The summed E-state index contributed by atoms with van der Waals surface area (Å²) in [5.41, 5.74) is 1.43. The Labute approximate surface area is 175 Å². The molecule has 3 rings (SSSR count). The molecule has 1 atom stereocenters. The number of imidazole rings is 1. The topological polar surface area (TPSA) is 108 Å². The van der Waals surface area contributed by atoms with Crippen LogP contribution < -0.4 is 5.32 Å². The molecule has 1 aliphatic heterocycles. The summed E-state index contributed by atoms with van der Waals surface area (Å²) in [5.74, 6) is -1.15. The van der Waals surface area contributed by atoms with Crippen molar-refractivity contribution in [3.05, 3.63) is 41.7 Å². The Hall–Kier alpha value is -3.04. The molecule has 2 aromatic rings. The van der Waals surface area contributed by atoms with Crippen molar-refractivity contribution in [2.75, 3.05) is 40.4 Å². The van der Waals surface area contributed by atoms with E-state index in [9.17, 15) is 14.4 Å². The largest absolute Gasteiger partial charge is 0.379 e. The van der Waals surface area contributed by atoms with Crippen LogP contribution in [0.15, 0.2) is 35.9 Å². The van der Waals surface area contributed by atoms with Gasteiger partial charge in [0.15, 0.2) is 0 Å². The first-order valence-corrected chi connectivity index (χ1v) is 9.96. The molecule has 0 bridgehead atoms. The van der Waals surface area contributed by atoms with Crippen molar-refractivity contribution in [3.8, 4) is 0 Å². The predicted molar refractivity (Wildman–Crippen MR) is 111 cm³/mol. The van der Waals surface area contributed by atoms with E-state index in [1.54, 1.807) is 0 Å². The minimum Gasteiger partial charge on any atom is -0.379 e. The third kappa shape index (κ3) is 4.92. The molecule has 0 spiro atoms. The molecule has 30 heavy (non-hydrogen) atoms. The van der Waals surface area contributed by atoms with Crippen molar-refractivity contribution in [2.24, 2.45) is 0 Å². The van der Waals surface area contributed by atoms with Gasteiger partial charge in [-0.3, -0.25) is 19.3 Å². The van der Waals surface area contributed by atoms with E-state index < -0.39 is 23.8 Å². The molecule has 9 nitrogen and oxygen atoms in total. The number of likely N-dealkylation sites (N-methyl/N-ethyl adjacent to an activating group) is 1. The van der Waals surface area contributed by atoms with E-state index >= 15 is 0 Å². The smallest absolute Gasteiger partial charge is 0.266 e. The maximum absolute atomic E-state index is 12.8. The fraction of sp³-hybridized carbons (Fsp3) is 0.429. The lowest BCUT2D eigenvalue weighted by Crippen LogP contribution is -2.40. The van der Waals surface area contributed by atoms with Crippen molar-refractivity contribution in [2.45, 2.75) is 19.4 Å². The number of benzene rings is 1. The average Bonchev–Trinajstić information content (AvgIpc) is 3.26. The number of fused-ring (bicyclic) bond motifs is 1. The highest BCUT2D eigenvalue weighted by Gasteiger charge is 2.35. The van der Waals surface area contributed by atoms with Gasteiger partial charge in [-0.15, -0.1) is 0 Å². The van der Waals surface area contributed by atoms with Crippen LogP contribution in [-0.4, -0.2) is 77.9 Å². The molecular weight excluding hydrogens is 386 g/mol. The molecule has 2 N–H and O–H groups in total. The van der Waals surface area contributed by atoms with Crippen molar-refractivity contribution in [1.29, 1.82) is 0 Å². The number of nitrogens with one attached hydrogen (secondary N) is 2. The van der Waals surface area contributed by atoms with Crippen LogP contribution >= 0.6 is 0 Å². The first kappa shape index (κ1) is 21.7. The molecule has 0 saturated heterocycles. The molecule has 1 aliphatic rings. The number of para-hydroxylation sites is 2. The third-order valence-electron chi connectivity index (χ3n) is 4.70. The van der Waals surface area contributed by atoms with E-state index in [1.807, 2.05) is 50.2 Å². The maximum Gasteiger partial charge on any atom is 0.266 e. The Morgan fingerprint density at radius 2 is 2.07 bits per heavy atom. The lowest BCUT2D eigenvalue weighted by Gasteiger charge is -2.19. The number of carbonyl (C=O) groups is 3. The molecule has 0 aliphatic carbocycles. The Bertz CT molecular complexity index is 932. The lowest BCUT2D eigenvalue weighted by atomic mass is 10.2. The molecule has 9 heteroatoms. The summed E-state index contributed by atoms with van der Waals surface area (Å²) in [6.45, 7) is 3.46. The van der Waals surface area contributed by atoms with E-state index in [4.69, 9.17) is 4.74 Å². The third-order valence-corrected chi connectivity index (χ3v) is 4.70. The number of hydrogen-bond acceptors (Lipinski definition) is 6. The normalized spacial score (nSPS) is 15.2. The van der Waals surface area contributed by atoms with E-state index in [1.165, 1.54) is 0 Å². The van der Waals surface area contributed by atoms with Gasteiger partial charge in [-0.05, 0) is 32.6 Å². The van der Waals surface area contributed by atoms with Crippen LogP contribution in [-0.2, 0) is 19.1 Å². The van der Waals surface area contributed by atoms with Gasteiger partial charge >= 0.3 is 0 Å². The molecule has 0 fully saturated rings. The number of nitrogens with zero attached hydrogens (tertiary/aromatic N) is 3. The number of H-pyrrole nitrogens is 1. The summed E-state index contributed by atoms with van der Waals surface area (Å²) >= 11 is 0. The number of amides is 3. The van der Waals surface area contributed by atoms with Crippen LogP contribution in [0.4, 0.5) is 0 Å². The average molecular weight is 413 g/mol. The fourth-order valence-corrected chi connectivity index (χ4v) is 3.09. The number of ether oxygens (including phenoxy) is 1. The van der Waals surface area contributed by atoms with Crippen molar-refractivity contribution >= 4 is 28.8 Å². The monoisotopic (exact) mass is 413 g/mol. The van der Waals surface area contributed by atoms with Crippen LogP contribution in [0.1, 0.15) is 25.2 Å². The minimum absolute atomic E-state index is 0.171. The quantitative estimate of drug-likeness (QED) is 0.342. The Morgan fingerprint density at radius 3 is 2.77 bits per heavy atom. The van der Waals surface area contributed by atoms with Crippen LogP contribution in [0.5, 0.6) is 0 Å². The highest BCUT2D eigenvalue weighted by atomic mass is 16.5. The summed E-state index contributed by atoms with van der Waals surface area (Å²) in [5, 5.41) is 2.80. The SMILES string of the molecule is CCCOCC(NC(=O)C1=CC(=O)N(CCN(C)C)C1=O)c1nc2ccccc2[nH]1. The van der Waals surface area contributed by atoms with E-state index in [-0.39, 0.29) is 18.7 Å². The summed E-state index contributed by atoms with van der Waals surface area (Å²) in [4.78, 5) is 48.3. The summed E-state index contributed by atoms with van der Waals surface area (Å²) in [7, 11) is 3.70. The molecule has 160 valence electrons. The van der Waals surface area contributed by atoms with E-state index in [0.29, 0.717) is 19.0 Å². The number of carbonyl (C=O) groups excluding carboxylic acids is 3. The first-order valence-electron chi connectivity index (χ1n) is 9.96. The minimum atomic E-state index is -0.619. The van der Waals surface area contributed by atoms with Gasteiger partial charge in [0.2, 0.25) is 0 Å². The van der Waals surface area contributed by atoms with Gasteiger partial charge in [-0.1, -0.05) is 19.1 Å². The van der Waals surface area contributed by atoms with Gasteiger partial charge in [0.1, 0.15) is 17.4 Å². The second kappa shape index (κ2) is 9.64. The maximum atomic E-state index is 12.8. The van der Waals surface area contributed by atoms with Gasteiger partial charge in [0, 0.05) is 25.8 Å². The van der Waals surface area contributed by atoms with Gasteiger partial charge in [0.25, 0.3) is 17.7 Å². The van der Waals surface area contributed by atoms with Crippen LogP contribution in [0.2, 0.25) is 0 Å². The molecule has 2 heterocycles. The fourth-order valence-electron chi connectivity index (χ4n) is 3.09. The summed E-state index contributed by atoms with van der Waals surface area (Å²) in [6.07, 6.45) is 1.93. The Morgan fingerprint density at radius 1 is 1.30 bits per heavy atom. The lowest BCUT2D eigenvalue weighted by molar-refractivity contribution is -0.137. The molecular formula is C21H27N5O4. The van der Waals surface area contributed by atoms with Crippen molar-refractivity contribution in [3.63, 3.8) is 0 Å². The first-order chi connectivity index (χ1) is 14.4. The van der Waals surface area contributed by atoms with Crippen LogP contribution in [0, 0.1) is 0 Å². The summed E-state index contributed by atoms with van der Waals surface area (Å²) in [6, 6.07) is 6.94. The number of aromatic nitrogens is 2. The Balaban J connectivity index is 1.75. The summed E-state index contributed by atoms with van der Waals surface area (Å²) < 4.78 is 5.63. The highest BCUT2D eigenvalue weighted by molar-refractivity contribution is 6.29. The van der Waals surface area contributed by atoms with Gasteiger partial charge in [-0.25, -0.2) is 4.98 Å². The van der Waals surface area contributed by atoms with Crippen LogP contribution in [0.3, 0.4) is 0 Å². The number of rotatable bonds is 10. The van der Waals surface area contributed by atoms with Crippen molar-refractivity contribution < 1.29 is 19.1 Å². The second-order valence-corrected chi connectivity index (χ2v) is 7.40. The standard InChI is InChI=1S/C21H27N5O4/c1-4-11-30-13-17(19-22-15-7-5-6-8-16(15)23-19)24-20(28)14-12-18(27)26(21(14)29)10-9-25(2)3/h5-8,12,17H,4,9-11,13H2,1-3H3,(H,22,23)(H,24,28). The molecule has 3 amide bonds. The van der Waals surface area contributed by atoms with Gasteiger partial charge in [0.05, 0.1) is 17.6 Å². The number of imide groups is 1. The highest BCUT2D eigenvalue weighted by Crippen LogP contribution is 2.19. The zero-order chi connectivity index (χ0) is 21.7.